The van der Waals surface area contributed by atoms with Crippen molar-refractivity contribution in [1.29, 1.82) is 0 Å². The fraction of sp³-hybridized carbons (Fsp3) is 0.333. The number of hydrogen-bond donors (Lipinski definition) is 3. The Morgan fingerprint density at radius 2 is 1.76 bits per heavy atom. The third-order valence-corrected chi connectivity index (χ3v) is 10.4. The molecule has 1 amide bonds. The van der Waals surface area contributed by atoms with Crippen LogP contribution in [-0.2, 0) is 9.84 Å². The molecule has 2 bridgehead atoms. The van der Waals surface area contributed by atoms with Crippen LogP contribution < -0.4 is 5.32 Å². The Labute approximate surface area is 223 Å². The van der Waals surface area contributed by atoms with E-state index in [4.69, 9.17) is 11.6 Å². The van der Waals surface area contributed by atoms with E-state index < -0.39 is 56.2 Å². The molecule has 1 heterocycles. The van der Waals surface area contributed by atoms with E-state index in [1.807, 2.05) is 0 Å². The summed E-state index contributed by atoms with van der Waals surface area (Å²) >= 11 is 6.28. The molecule has 5 rings (SSSR count). The van der Waals surface area contributed by atoms with Gasteiger partial charge < -0.3 is 15.5 Å². The Kier molecular flexibility index (Phi) is 7.02. The molecule has 2 aromatic carbocycles. The van der Waals surface area contributed by atoms with Crippen molar-refractivity contribution in [2.24, 2.45) is 11.8 Å². The van der Waals surface area contributed by atoms with E-state index in [0.29, 0.717) is 18.5 Å². The Bertz CT molecular complexity index is 1470. The molecule has 11 heteroatoms. The average Bonchev–Trinajstić information content (AvgIpc) is 3.06. The lowest BCUT2D eigenvalue weighted by Crippen LogP contribution is -2.52. The van der Waals surface area contributed by atoms with E-state index >= 15 is 0 Å². The maximum Gasteiger partial charge on any atom is 0.255 e. The highest BCUT2D eigenvalue weighted by atomic mass is 35.5. The van der Waals surface area contributed by atoms with E-state index in [1.54, 1.807) is 18.2 Å². The number of hydrogen-bond acceptors (Lipinski definition) is 6. The number of fused-ring (bicyclic) bond motifs is 2. The zero-order valence-electron chi connectivity index (χ0n) is 20.0. The summed E-state index contributed by atoms with van der Waals surface area (Å²) < 4.78 is 54.2. The van der Waals surface area contributed by atoms with Gasteiger partial charge in [0.1, 0.15) is 11.7 Å². The van der Waals surface area contributed by atoms with Crippen LogP contribution in [0.4, 0.5) is 14.5 Å². The van der Waals surface area contributed by atoms with Crippen LogP contribution in [0.15, 0.2) is 65.7 Å². The minimum Gasteiger partial charge on any atom is -0.386 e. The maximum absolute atomic E-state index is 13.7. The van der Waals surface area contributed by atoms with Crippen molar-refractivity contribution in [2.75, 3.05) is 5.32 Å². The molecule has 7 nitrogen and oxygen atoms in total. The molecule has 200 valence electrons. The van der Waals surface area contributed by atoms with Gasteiger partial charge in [0, 0.05) is 23.5 Å². The minimum absolute atomic E-state index is 0.00265. The number of carbonyl (C=O) groups excluding carboxylic acids is 1. The van der Waals surface area contributed by atoms with Crippen LogP contribution in [0.2, 0.25) is 5.02 Å². The maximum atomic E-state index is 13.7. The number of nitrogens with one attached hydrogen (secondary N) is 1. The lowest BCUT2D eigenvalue weighted by molar-refractivity contribution is -0.145. The number of aromatic nitrogens is 1. The number of nitrogens with zero attached hydrogens (tertiary/aromatic N) is 1. The molecule has 38 heavy (non-hydrogen) atoms. The van der Waals surface area contributed by atoms with Crippen molar-refractivity contribution in [1.82, 2.24) is 4.98 Å². The van der Waals surface area contributed by atoms with Crippen LogP contribution in [0.5, 0.6) is 0 Å². The van der Waals surface area contributed by atoms with Crippen LogP contribution in [0, 0.1) is 23.5 Å². The SMILES string of the molecule is O=C(Nc1ccc(F)c(F)c1)c1ccc(Cl)c(S(=O)(=O)C2C[C@H]3CC[C@@H](C2)C3(O)[C@H](O)c2ccccn2)c1. The van der Waals surface area contributed by atoms with Gasteiger partial charge in [0.05, 0.1) is 20.9 Å². The first-order valence-corrected chi connectivity index (χ1v) is 14.1. The number of aliphatic hydroxyl groups is 2. The number of anilines is 1. The molecule has 5 atom stereocenters. The smallest absolute Gasteiger partial charge is 0.255 e. The van der Waals surface area contributed by atoms with Crippen molar-refractivity contribution in [2.45, 2.75) is 47.5 Å². The first-order chi connectivity index (χ1) is 18.0. The standard InChI is InChI=1S/C27H25ClF2N2O5S/c28-20-8-4-15(26(34)32-18-7-9-21(29)22(30)14-18)11-24(20)38(36,37)19-12-16-5-6-17(13-19)27(16,35)25(33)23-3-1-2-10-31-23/h1-4,7-11,14,16-17,19,25,33,35H,5-6,12-13H2,(H,32,34)/t16-,17+,19?,25-,27?/m1/s1. The predicted molar refractivity (Wildman–Crippen MR) is 136 cm³/mol. The number of sulfone groups is 1. The van der Waals surface area contributed by atoms with Gasteiger partial charge in [-0.15, -0.1) is 0 Å². The molecule has 2 aliphatic carbocycles. The lowest BCUT2D eigenvalue weighted by Gasteiger charge is -2.45. The molecule has 2 unspecified atom stereocenters. The van der Waals surface area contributed by atoms with Crippen LogP contribution in [0.3, 0.4) is 0 Å². The highest BCUT2D eigenvalue weighted by Crippen LogP contribution is 2.56. The lowest BCUT2D eigenvalue weighted by atomic mass is 9.70. The summed E-state index contributed by atoms with van der Waals surface area (Å²) in [7, 11) is -4.03. The molecular weight excluding hydrogens is 538 g/mol. The second kappa shape index (κ2) is 10.00. The van der Waals surface area contributed by atoms with Crippen LogP contribution in [0.1, 0.15) is 47.8 Å². The van der Waals surface area contributed by atoms with Crippen LogP contribution in [-0.4, -0.2) is 40.4 Å². The first kappa shape index (κ1) is 26.7. The molecule has 2 saturated carbocycles. The Morgan fingerprint density at radius 1 is 1.05 bits per heavy atom. The normalized spacial score (nSPS) is 25.7. The van der Waals surface area contributed by atoms with E-state index in [0.717, 1.165) is 12.1 Å². The van der Waals surface area contributed by atoms with Gasteiger partial charge in [-0.2, -0.15) is 0 Å². The number of carbonyl (C=O) groups is 1. The third kappa shape index (κ3) is 4.59. The number of aliphatic hydroxyl groups excluding tert-OH is 1. The summed E-state index contributed by atoms with van der Waals surface area (Å²) in [4.78, 5) is 16.7. The summed E-state index contributed by atoms with van der Waals surface area (Å²) in [5, 5.41) is 24.1. The second-order valence-corrected chi connectivity index (χ2v) is 12.5. The van der Waals surface area contributed by atoms with Gasteiger partial charge in [-0.25, -0.2) is 17.2 Å². The first-order valence-electron chi connectivity index (χ1n) is 12.1. The molecular formula is C27H25ClF2N2O5S. The number of benzene rings is 2. The predicted octanol–water partition coefficient (Wildman–Crippen LogP) is 4.69. The molecule has 2 aliphatic rings. The quantitative estimate of drug-likeness (QED) is 0.401. The van der Waals surface area contributed by atoms with E-state index in [2.05, 4.69) is 10.3 Å². The molecule has 3 N–H and O–H groups in total. The summed E-state index contributed by atoms with van der Waals surface area (Å²) in [6, 6.07) is 11.7. The Hall–Kier alpha value is -2.92. The van der Waals surface area contributed by atoms with E-state index in [-0.39, 0.29) is 34.0 Å². The number of pyridine rings is 1. The average molecular weight is 563 g/mol. The van der Waals surface area contributed by atoms with Gasteiger partial charge in [-0.3, -0.25) is 9.78 Å². The fourth-order valence-electron chi connectivity index (χ4n) is 5.84. The highest BCUT2D eigenvalue weighted by molar-refractivity contribution is 7.92. The van der Waals surface area contributed by atoms with Gasteiger partial charge in [-0.05, 0) is 80.0 Å². The van der Waals surface area contributed by atoms with Crippen molar-refractivity contribution in [3.63, 3.8) is 0 Å². The number of rotatable bonds is 6. The van der Waals surface area contributed by atoms with Crippen molar-refractivity contribution in [3.05, 3.63) is 88.7 Å². The second-order valence-electron chi connectivity index (χ2n) is 9.88. The van der Waals surface area contributed by atoms with Crippen molar-refractivity contribution in [3.8, 4) is 0 Å². The third-order valence-electron chi connectivity index (χ3n) is 7.79. The minimum atomic E-state index is -4.03. The van der Waals surface area contributed by atoms with Crippen molar-refractivity contribution >= 4 is 33.0 Å². The molecule has 3 aromatic rings. The Morgan fingerprint density at radius 3 is 2.39 bits per heavy atom. The summed E-state index contributed by atoms with van der Waals surface area (Å²) in [5.74, 6) is -3.87. The monoisotopic (exact) mass is 562 g/mol. The summed E-state index contributed by atoms with van der Waals surface area (Å²) in [6.07, 6.45) is 1.61. The van der Waals surface area contributed by atoms with E-state index in [9.17, 15) is 32.2 Å². The van der Waals surface area contributed by atoms with Gasteiger partial charge in [-0.1, -0.05) is 17.7 Å². The highest BCUT2D eigenvalue weighted by Gasteiger charge is 2.59. The largest absolute Gasteiger partial charge is 0.386 e. The summed E-state index contributed by atoms with van der Waals surface area (Å²) in [6.45, 7) is 0. The zero-order valence-corrected chi connectivity index (χ0v) is 21.6. The molecule has 0 aliphatic heterocycles. The van der Waals surface area contributed by atoms with Crippen molar-refractivity contribution < 1.29 is 32.2 Å². The van der Waals surface area contributed by atoms with Gasteiger partial charge in [0.25, 0.3) is 5.91 Å². The molecule has 0 radical (unpaired) electrons. The molecule has 0 spiro atoms. The number of amides is 1. The van der Waals surface area contributed by atoms with E-state index in [1.165, 1.54) is 30.5 Å². The van der Waals surface area contributed by atoms with Gasteiger partial charge >= 0.3 is 0 Å². The molecule has 2 fully saturated rings. The molecule has 0 saturated heterocycles. The van der Waals surface area contributed by atoms with Gasteiger partial charge in [0.15, 0.2) is 21.5 Å². The number of halogens is 3. The molecule has 1 aromatic heterocycles. The zero-order chi connectivity index (χ0) is 27.2. The van der Waals surface area contributed by atoms with Crippen LogP contribution >= 0.6 is 11.6 Å². The summed E-state index contributed by atoms with van der Waals surface area (Å²) in [5.41, 5.74) is -1.20. The fourth-order valence-corrected chi connectivity index (χ4v) is 8.24. The topological polar surface area (TPSA) is 117 Å². The van der Waals surface area contributed by atoms with Crippen LogP contribution in [0.25, 0.3) is 0 Å². The van der Waals surface area contributed by atoms with Gasteiger partial charge in [0.2, 0.25) is 0 Å². The Balaban J connectivity index is 1.39.